The van der Waals surface area contributed by atoms with Crippen LogP contribution in [0.15, 0.2) is 59.0 Å². The Labute approximate surface area is 183 Å². The van der Waals surface area contributed by atoms with Crippen molar-refractivity contribution in [2.45, 2.75) is 46.1 Å². The summed E-state index contributed by atoms with van der Waals surface area (Å²) < 4.78 is 6.02. The number of carbonyl (C=O) groups excluding carboxylic acids is 2. The fraction of sp³-hybridized carbons (Fsp3) is 0.308. The Bertz CT molecular complexity index is 1070. The van der Waals surface area contributed by atoms with E-state index in [4.69, 9.17) is 4.42 Å². The van der Waals surface area contributed by atoms with Crippen molar-refractivity contribution >= 4 is 17.5 Å². The molecule has 0 saturated carbocycles. The normalized spacial score (nSPS) is 13.0. The summed E-state index contributed by atoms with van der Waals surface area (Å²) in [4.78, 5) is 26.0. The number of rotatable bonds is 6. The third kappa shape index (κ3) is 4.88. The zero-order chi connectivity index (χ0) is 21.8. The lowest BCUT2D eigenvalue weighted by Gasteiger charge is -2.24. The number of amides is 2. The summed E-state index contributed by atoms with van der Waals surface area (Å²) in [5, 5.41) is 2.95. The van der Waals surface area contributed by atoms with Gasteiger partial charge in [-0.1, -0.05) is 25.5 Å². The molecule has 0 saturated heterocycles. The molecule has 0 aliphatic carbocycles. The summed E-state index contributed by atoms with van der Waals surface area (Å²) in [6.45, 7) is 5.06. The number of unbranched alkanes of at least 4 members (excludes halogenated alkanes) is 1. The van der Waals surface area contributed by atoms with Crippen LogP contribution >= 0.6 is 0 Å². The van der Waals surface area contributed by atoms with Crippen LogP contribution in [0.4, 0.5) is 5.69 Å². The van der Waals surface area contributed by atoms with Crippen molar-refractivity contribution in [3.05, 3.63) is 77.0 Å². The minimum absolute atomic E-state index is 0.0871. The topological polar surface area (TPSA) is 62.6 Å². The van der Waals surface area contributed by atoms with Crippen LogP contribution in [0.3, 0.4) is 0 Å². The van der Waals surface area contributed by atoms with E-state index >= 15 is 0 Å². The number of aryl methyl sites for hydroxylation is 1. The van der Waals surface area contributed by atoms with E-state index in [1.165, 1.54) is 5.56 Å². The number of nitrogens with zero attached hydrogens (tertiary/aromatic N) is 1. The van der Waals surface area contributed by atoms with Gasteiger partial charge < -0.3 is 14.6 Å². The monoisotopic (exact) mass is 416 g/mol. The van der Waals surface area contributed by atoms with Crippen LogP contribution in [0.25, 0.3) is 11.3 Å². The van der Waals surface area contributed by atoms with Crippen LogP contribution in [0.5, 0.6) is 0 Å². The summed E-state index contributed by atoms with van der Waals surface area (Å²) in [6, 6.07) is 17.5. The highest BCUT2D eigenvalue weighted by atomic mass is 16.3. The first-order valence-electron chi connectivity index (χ1n) is 10.9. The molecule has 1 N–H and O–H groups in total. The smallest absolute Gasteiger partial charge is 0.255 e. The maximum Gasteiger partial charge on any atom is 0.255 e. The van der Waals surface area contributed by atoms with Gasteiger partial charge in [-0.3, -0.25) is 9.59 Å². The number of nitrogens with one attached hydrogen (secondary N) is 1. The number of anilines is 1. The Morgan fingerprint density at radius 1 is 1.06 bits per heavy atom. The van der Waals surface area contributed by atoms with Crippen molar-refractivity contribution in [2.75, 3.05) is 11.9 Å². The van der Waals surface area contributed by atoms with E-state index in [-0.39, 0.29) is 11.8 Å². The summed E-state index contributed by atoms with van der Waals surface area (Å²) >= 11 is 0. The molecule has 1 aliphatic heterocycles. The van der Waals surface area contributed by atoms with E-state index in [9.17, 15) is 9.59 Å². The largest absolute Gasteiger partial charge is 0.461 e. The predicted octanol–water partition coefficient (Wildman–Crippen LogP) is 5.45. The van der Waals surface area contributed by atoms with Crippen molar-refractivity contribution in [2.24, 2.45) is 0 Å². The van der Waals surface area contributed by atoms with Gasteiger partial charge >= 0.3 is 0 Å². The van der Waals surface area contributed by atoms with Crippen molar-refractivity contribution in [1.29, 1.82) is 0 Å². The molecule has 0 unspecified atom stereocenters. The zero-order valence-electron chi connectivity index (χ0n) is 18.1. The van der Waals surface area contributed by atoms with Gasteiger partial charge in [0, 0.05) is 48.8 Å². The molecule has 5 heteroatoms. The van der Waals surface area contributed by atoms with Crippen LogP contribution in [-0.2, 0) is 24.2 Å². The van der Waals surface area contributed by atoms with Crippen molar-refractivity contribution < 1.29 is 14.0 Å². The second-order valence-corrected chi connectivity index (χ2v) is 8.08. The Balaban J connectivity index is 1.41. The number of hydrogen-bond donors (Lipinski definition) is 1. The van der Waals surface area contributed by atoms with E-state index in [0.717, 1.165) is 54.0 Å². The third-order valence-electron chi connectivity index (χ3n) is 5.77. The lowest BCUT2D eigenvalue weighted by Crippen LogP contribution is -2.33. The van der Waals surface area contributed by atoms with Gasteiger partial charge in [0.2, 0.25) is 5.91 Å². The molecular weight excluding hydrogens is 388 g/mol. The summed E-state index contributed by atoms with van der Waals surface area (Å²) in [5.74, 6) is 1.71. The minimum Gasteiger partial charge on any atom is -0.461 e. The minimum atomic E-state index is -0.118. The number of hydrogen-bond acceptors (Lipinski definition) is 3. The average molecular weight is 417 g/mol. The molecule has 0 radical (unpaired) electrons. The highest BCUT2D eigenvalue weighted by Crippen LogP contribution is 2.30. The third-order valence-corrected chi connectivity index (χ3v) is 5.77. The summed E-state index contributed by atoms with van der Waals surface area (Å²) in [7, 11) is 0. The Morgan fingerprint density at radius 3 is 2.48 bits per heavy atom. The summed E-state index contributed by atoms with van der Waals surface area (Å²) in [6.07, 6.45) is 4.10. The molecule has 31 heavy (non-hydrogen) atoms. The van der Waals surface area contributed by atoms with Crippen LogP contribution in [0.1, 0.15) is 53.9 Å². The number of fused-ring (bicyclic) bond motifs is 1. The Hall–Kier alpha value is -3.34. The molecule has 0 atom stereocenters. The van der Waals surface area contributed by atoms with Crippen molar-refractivity contribution in [3.63, 3.8) is 0 Å². The van der Waals surface area contributed by atoms with Gasteiger partial charge in [-0.05, 0) is 60.9 Å². The second kappa shape index (κ2) is 9.21. The lowest BCUT2D eigenvalue weighted by atomic mass is 10.1. The Kier molecular flexibility index (Phi) is 6.21. The fourth-order valence-electron chi connectivity index (χ4n) is 3.87. The molecule has 1 aromatic heterocycles. The van der Waals surface area contributed by atoms with Gasteiger partial charge in [0.05, 0.1) is 0 Å². The van der Waals surface area contributed by atoms with Gasteiger partial charge in [0.25, 0.3) is 5.91 Å². The van der Waals surface area contributed by atoms with E-state index < -0.39 is 0 Å². The Morgan fingerprint density at radius 2 is 1.81 bits per heavy atom. The van der Waals surface area contributed by atoms with Crippen molar-refractivity contribution in [3.8, 4) is 11.3 Å². The molecule has 160 valence electrons. The van der Waals surface area contributed by atoms with Gasteiger partial charge in [0.1, 0.15) is 11.5 Å². The molecule has 1 aliphatic rings. The van der Waals surface area contributed by atoms with E-state index in [0.29, 0.717) is 18.7 Å². The molecule has 0 spiro atoms. The van der Waals surface area contributed by atoms with Crippen LogP contribution in [0, 0.1) is 0 Å². The average Bonchev–Trinajstić information content (AvgIpc) is 3.22. The lowest BCUT2D eigenvalue weighted by molar-refractivity contribution is -0.129. The molecule has 2 heterocycles. The molecule has 2 amide bonds. The number of furan rings is 1. The van der Waals surface area contributed by atoms with Crippen LogP contribution in [0.2, 0.25) is 0 Å². The standard InChI is InChI=1S/C26H28N2O3/c1-3-4-5-19-6-8-21(9-7-19)26(30)27-23-12-10-20(11-13-23)25-16-22-17-28(18(2)29)15-14-24(22)31-25/h6-13,16H,3-5,14-15,17H2,1-2H3,(H,27,30). The van der Waals surface area contributed by atoms with Gasteiger partial charge in [0.15, 0.2) is 0 Å². The first-order chi connectivity index (χ1) is 15.0. The molecule has 0 fully saturated rings. The van der Waals surface area contributed by atoms with Gasteiger partial charge in [-0.2, -0.15) is 0 Å². The van der Waals surface area contributed by atoms with Gasteiger partial charge in [-0.25, -0.2) is 0 Å². The molecule has 2 aromatic carbocycles. The zero-order valence-corrected chi connectivity index (χ0v) is 18.1. The van der Waals surface area contributed by atoms with Gasteiger partial charge in [-0.15, -0.1) is 0 Å². The second-order valence-electron chi connectivity index (χ2n) is 8.08. The predicted molar refractivity (Wildman–Crippen MR) is 122 cm³/mol. The molecule has 5 nitrogen and oxygen atoms in total. The maximum absolute atomic E-state index is 12.6. The molecule has 0 bridgehead atoms. The molecule has 3 aromatic rings. The maximum atomic E-state index is 12.6. The first kappa shape index (κ1) is 20.9. The quantitative estimate of drug-likeness (QED) is 0.581. The molecular formula is C26H28N2O3. The van der Waals surface area contributed by atoms with E-state index in [1.807, 2.05) is 59.5 Å². The highest BCUT2D eigenvalue weighted by molar-refractivity contribution is 6.04. The first-order valence-corrected chi connectivity index (χ1v) is 10.9. The van der Waals surface area contributed by atoms with Crippen LogP contribution < -0.4 is 5.32 Å². The SMILES string of the molecule is CCCCc1ccc(C(=O)Nc2ccc(-c3cc4c(o3)CCN(C(C)=O)C4)cc2)cc1. The number of benzene rings is 2. The number of carbonyl (C=O) groups is 2. The van der Waals surface area contributed by atoms with Crippen molar-refractivity contribution in [1.82, 2.24) is 4.90 Å². The molecule has 4 rings (SSSR count). The summed E-state index contributed by atoms with van der Waals surface area (Å²) in [5.41, 5.74) is 4.66. The fourth-order valence-corrected chi connectivity index (χ4v) is 3.87. The van der Waals surface area contributed by atoms with E-state index in [2.05, 4.69) is 12.2 Å². The highest BCUT2D eigenvalue weighted by Gasteiger charge is 2.22. The van der Waals surface area contributed by atoms with E-state index in [1.54, 1.807) is 6.92 Å². The van der Waals surface area contributed by atoms with Crippen LogP contribution in [-0.4, -0.2) is 23.3 Å².